The van der Waals surface area contributed by atoms with Crippen molar-refractivity contribution in [3.8, 4) is 0 Å². The van der Waals surface area contributed by atoms with Gasteiger partial charge in [0, 0.05) is 26.2 Å². The van der Waals surface area contributed by atoms with Gasteiger partial charge in [0.2, 0.25) is 10.0 Å². The van der Waals surface area contributed by atoms with Crippen LogP contribution >= 0.6 is 0 Å². The molecule has 0 aromatic heterocycles. The largest absolute Gasteiger partial charge is 0.373 e. The second-order valence-corrected chi connectivity index (χ2v) is 9.67. The Hall–Kier alpha value is -1.77. The number of nitrogens with zero attached hydrogens (tertiary/aromatic N) is 1. The van der Waals surface area contributed by atoms with E-state index in [1.807, 2.05) is 12.1 Å². The number of rotatable bonds is 5. The summed E-state index contributed by atoms with van der Waals surface area (Å²) in [4.78, 5) is 2.63. The van der Waals surface area contributed by atoms with Crippen LogP contribution in [-0.4, -0.2) is 46.1 Å². The quantitative estimate of drug-likeness (QED) is 0.782. The van der Waals surface area contributed by atoms with E-state index in [9.17, 15) is 8.42 Å². The first kappa shape index (κ1) is 20.5. The molecule has 1 saturated heterocycles. The van der Waals surface area contributed by atoms with Crippen molar-refractivity contribution in [3.05, 3.63) is 65.2 Å². The molecule has 0 amide bonds. The van der Waals surface area contributed by atoms with Crippen LogP contribution in [0.1, 0.15) is 36.1 Å². The van der Waals surface area contributed by atoms with Gasteiger partial charge in [-0.2, -0.15) is 0 Å². The second kappa shape index (κ2) is 8.16. The fraction of sp³-hybridized carbons (Fsp3) is 0.455. The van der Waals surface area contributed by atoms with Gasteiger partial charge in [0.1, 0.15) is 0 Å². The summed E-state index contributed by atoms with van der Waals surface area (Å²) >= 11 is 0. The molecule has 4 rings (SSSR count). The third-order valence-corrected chi connectivity index (χ3v) is 7.21. The van der Waals surface area contributed by atoms with Crippen molar-refractivity contribution >= 4 is 10.0 Å². The smallest absolute Gasteiger partial charge is 0.238 e. The number of piperazine rings is 1. The Bertz CT molecular complexity index is 962. The predicted molar refractivity (Wildman–Crippen MR) is 113 cm³/mol. The molecular formula is C22H29N3O3S. The van der Waals surface area contributed by atoms with Crippen molar-refractivity contribution in [2.24, 2.45) is 5.14 Å². The van der Waals surface area contributed by atoms with Crippen LogP contribution in [0.2, 0.25) is 0 Å². The highest BCUT2D eigenvalue weighted by Gasteiger charge is 2.36. The Morgan fingerprint density at radius 2 is 1.97 bits per heavy atom. The minimum absolute atomic E-state index is 0.129. The molecule has 29 heavy (non-hydrogen) atoms. The molecule has 2 aromatic rings. The number of ether oxygens (including phenoxy) is 1. The average molecular weight is 416 g/mol. The Morgan fingerprint density at radius 3 is 2.72 bits per heavy atom. The summed E-state index contributed by atoms with van der Waals surface area (Å²) in [6.07, 6.45) is 2.04. The highest BCUT2D eigenvalue weighted by Crippen LogP contribution is 2.34. The maximum absolute atomic E-state index is 11.6. The van der Waals surface area contributed by atoms with Gasteiger partial charge < -0.3 is 10.1 Å². The van der Waals surface area contributed by atoms with E-state index in [0.717, 1.165) is 51.2 Å². The molecule has 2 heterocycles. The predicted octanol–water partition coefficient (Wildman–Crippen LogP) is 2.16. The third-order valence-electron chi connectivity index (χ3n) is 6.28. The molecule has 0 aliphatic carbocycles. The minimum atomic E-state index is -3.68. The summed E-state index contributed by atoms with van der Waals surface area (Å²) in [5.41, 5.74) is 3.57. The molecule has 1 unspecified atom stereocenters. The number of hydrogen-bond donors (Lipinski definition) is 2. The first-order valence-corrected chi connectivity index (χ1v) is 11.7. The molecule has 2 aliphatic heterocycles. The summed E-state index contributed by atoms with van der Waals surface area (Å²) in [6, 6.07) is 15.5. The standard InChI is InChI=1S/C22H29N3O3S/c1-22(18-6-8-19(9-7-18)29(23,26)27)16-24-12-14-25(22)13-10-21-20-5-3-2-4-17(20)11-15-28-21/h2-9,21,24H,10-16H2,1H3,(H2,23,26,27)/t21?,22-/m1/s1. The SMILES string of the molecule is C[C@]1(c2ccc(S(N)(=O)=O)cc2)CNCCN1CCC1OCCc2ccccc21. The first-order chi connectivity index (χ1) is 13.9. The van der Waals surface area contributed by atoms with Crippen molar-refractivity contribution in [2.45, 2.75) is 36.3 Å². The normalized spacial score (nSPS) is 25.5. The van der Waals surface area contributed by atoms with Crippen molar-refractivity contribution < 1.29 is 13.2 Å². The van der Waals surface area contributed by atoms with Gasteiger partial charge in [-0.25, -0.2) is 13.6 Å². The van der Waals surface area contributed by atoms with E-state index < -0.39 is 10.0 Å². The maximum Gasteiger partial charge on any atom is 0.238 e. The van der Waals surface area contributed by atoms with E-state index in [1.54, 1.807) is 12.1 Å². The number of hydrogen-bond acceptors (Lipinski definition) is 5. The summed E-state index contributed by atoms with van der Waals surface area (Å²) in [7, 11) is -3.68. The molecule has 7 heteroatoms. The van der Waals surface area contributed by atoms with Gasteiger partial charge in [-0.3, -0.25) is 4.90 Å². The van der Waals surface area contributed by atoms with Crippen LogP contribution in [0.4, 0.5) is 0 Å². The number of benzene rings is 2. The monoisotopic (exact) mass is 415 g/mol. The zero-order valence-corrected chi connectivity index (χ0v) is 17.6. The van der Waals surface area contributed by atoms with Crippen LogP contribution < -0.4 is 10.5 Å². The van der Waals surface area contributed by atoms with Gasteiger partial charge >= 0.3 is 0 Å². The van der Waals surface area contributed by atoms with E-state index in [2.05, 4.69) is 41.4 Å². The highest BCUT2D eigenvalue weighted by molar-refractivity contribution is 7.89. The van der Waals surface area contributed by atoms with Crippen LogP contribution in [0.15, 0.2) is 53.4 Å². The van der Waals surface area contributed by atoms with E-state index in [1.165, 1.54) is 11.1 Å². The summed E-state index contributed by atoms with van der Waals surface area (Å²) in [5.74, 6) is 0. The highest BCUT2D eigenvalue weighted by atomic mass is 32.2. The van der Waals surface area contributed by atoms with E-state index in [4.69, 9.17) is 9.88 Å². The lowest BCUT2D eigenvalue weighted by Crippen LogP contribution is -2.57. The molecule has 156 valence electrons. The van der Waals surface area contributed by atoms with E-state index in [0.29, 0.717) is 0 Å². The minimum Gasteiger partial charge on any atom is -0.373 e. The maximum atomic E-state index is 11.6. The molecule has 1 fully saturated rings. The first-order valence-electron chi connectivity index (χ1n) is 10.2. The Labute approximate surface area is 173 Å². The molecule has 3 N–H and O–H groups in total. The molecule has 2 aromatic carbocycles. The topological polar surface area (TPSA) is 84.7 Å². The summed E-state index contributed by atoms with van der Waals surface area (Å²) in [5, 5.41) is 8.74. The fourth-order valence-electron chi connectivity index (χ4n) is 4.54. The molecule has 0 radical (unpaired) electrons. The zero-order chi connectivity index (χ0) is 20.5. The van der Waals surface area contributed by atoms with Gasteiger partial charge in [-0.15, -0.1) is 0 Å². The Kier molecular flexibility index (Phi) is 5.77. The number of nitrogens with one attached hydrogen (secondary N) is 1. The fourth-order valence-corrected chi connectivity index (χ4v) is 5.06. The third kappa shape index (κ3) is 4.25. The molecular weight excluding hydrogens is 386 g/mol. The zero-order valence-electron chi connectivity index (χ0n) is 16.8. The van der Waals surface area contributed by atoms with Gasteiger partial charge in [0.15, 0.2) is 0 Å². The Morgan fingerprint density at radius 1 is 1.21 bits per heavy atom. The van der Waals surface area contributed by atoms with Crippen LogP contribution in [0, 0.1) is 0 Å². The summed E-state index contributed by atoms with van der Waals surface area (Å²) in [6.45, 7) is 6.57. The van der Waals surface area contributed by atoms with Gasteiger partial charge in [0.05, 0.1) is 23.1 Å². The van der Waals surface area contributed by atoms with Crippen LogP contribution in [0.5, 0.6) is 0 Å². The number of sulfonamides is 1. The van der Waals surface area contributed by atoms with E-state index in [-0.39, 0.29) is 16.5 Å². The van der Waals surface area contributed by atoms with Crippen molar-refractivity contribution in [1.82, 2.24) is 10.2 Å². The van der Waals surface area contributed by atoms with Crippen molar-refractivity contribution in [3.63, 3.8) is 0 Å². The lowest BCUT2D eigenvalue weighted by Gasteiger charge is -2.46. The molecule has 0 spiro atoms. The van der Waals surface area contributed by atoms with Gasteiger partial charge in [-0.05, 0) is 48.6 Å². The second-order valence-electron chi connectivity index (χ2n) is 8.10. The van der Waals surface area contributed by atoms with Gasteiger partial charge in [-0.1, -0.05) is 36.4 Å². The Balaban J connectivity index is 1.52. The van der Waals surface area contributed by atoms with Crippen molar-refractivity contribution in [2.75, 3.05) is 32.8 Å². The lowest BCUT2D eigenvalue weighted by molar-refractivity contribution is 0.00910. The molecule has 2 aliphatic rings. The van der Waals surface area contributed by atoms with Crippen molar-refractivity contribution in [1.29, 1.82) is 0 Å². The lowest BCUT2D eigenvalue weighted by atomic mass is 9.87. The van der Waals surface area contributed by atoms with Crippen LogP contribution in [0.25, 0.3) is 0 Å². The molecule has 2 atom stereocenters. The number of primary sulfonamides is 1. The molecule has 0 saturated carbocycles. The number of fused-ring (bicyclic) bond motifs is 1. The van der Waals surface area contributed by atoms with Gasteiger partial charge in [0.25, 0.3) is 0 Å². The van der Waals surface area contributed by atoms with Crippen LogP contribution in [-0.2, 0) is 26.7 Å². The van der Waals surface area contributed by atoms with E-state index >= 15 is 0 Å². The molecule has 0 bridgehead atoms. The van der Waals surface area contributed by atoms with Crippen LogP contribution in [0.3, 0.4) is 0 Å². The molecule has 6 nitrogen and oxygen atoms in total. The summed E-state index contributed by atoms with van der Waals surface area (Å²) < 4.78 is 29.3. The average Bonchev–Trinajstić information content (AvgIpc) is 2.72. The number of nitrogens with two attached hydrogens (primary N) is 1.